The molecule has 0 aliphatic carbocycles. The van der Waals surface area contributed by atoms with Crippen molar-refractivity contribution in [2.75, 3.05) is 5.32 Å². The monoisotopic (exact) mass is 453 g/mol. The maximum Gasteiger partial charge on any atom is 0.273 e. The van der Waals surface area contributed by atoms with E-state index in [1.54, 1.807) is 41.8 Å². The number of carbonyl (C=O) groups excluding carboxylic acids is 2. The van der Waals surface area contributed by atoms with E-state index in [-0.39, 0.29) is 42.4 Å². The summed E-state index contributed by atoms with van der Waals surface area (Å²) in [6.07, 6.45) is -0.0231. The third-order valence-corrected chi connectivity index (χ3v) is 5.38. The number of amides is 2. The predicted octanol–water partition coefficient (Wildman–Crippen LogP) is 2.07. The number of H-pyrrole nitrogens is 1. The van der Waals surface area contributed by atoms with Crippen LogP contribution in [0.2, 0.25) is 0 Å². The van der Waals surface area contributed by atoms with Gasteiger partial charge in [-0.15, -0.1) is 11.3 Å². The van der Waals surface area contributed by atoms with Crippen LogP contribution >= 0.6 is 11.3 Å². The number of hydrogen-bond acceptors (Lipinski definition) is 7. The summed E-state index contributed by atoms with van der Waals surface area (Å²) in [6, 6.07) is 10.0. The number of benzene rings is 1. The Morgan fingerprint density at radius 2 is 1.94 bits per heavy atom. The van der Waals surface area contributed by atoms with Crippen molar-refractivity contribution in [2.24, 2.45) is 0 Å². The third-order valence-electron chi connectivity index (χ3n) is 4.62. The number of anilines is 1. The lowest BCUT2D eigenvalue weighted by atomic mass is 10.2. The molecule has 1 aromatic carbocycles. The van der Waals surface area contributed by atoms with Gasteiger partial charge in [-0.3, -0.25) is 24.3 Å². The summed E-state index contributed by atoms with van der Waals surface area (Å²) in [6.45, 7) is 1.72. The van der Waals surface area contributed by atoms with E-state index in [0.717, 1.165) is 4.68 Å². The van der Waals surface area contributed by atoms with Crippen LogP contribution in [0.5, 0.6) is 0 Å². The number of nitrogens with one attached hydrogen (secondary N) is 3. The summed E-state index contributed by atoms with van der Waals surface area (Å²) in [4.78, 5) is 52.3. The highest BCUT2D eigenvalue weighted by Crippen LogP contribution is 2.26. The summed E-state index contributed by atoms with van der Waals surface area (Å²) in [5.74, 6) is 0.597. The maximum absolute atomic E-state index is 12.5. The van der Waals surface area contributed by atoms with Crippen molar-refractivity contribution in [1.29, 1.82) is 0 Å². The molecule has 4 rings (SSSR count). The zero-order valence-corrected chi connectivity index (χ0v) is 17.8. The lowest BCUT2D eigenvalue weighted by molar-refractivity contribution is -0.119. The number of furan rings is 1. The Balaban J connectivity index is 1.39. The molecular formula is C21H19N5O5S. The minimum Gasteiger partial charge on any atom is -0.458 e. The number of hydrogen-bond donors (Lipinski definition) is 3. The van der Waals surface area contributed by atoms with E-state index in [1.807, 2.05) is 0 Å². The summed E-state index contributed by atoms with van der Waals surface area (Å²) < 4.78 is 6.78. The molecule has 3 aromatic heterocycles. The van der Waals surface area contributed by atoms with Crippen LogP contribution in [0.15, 0.2) is 55.8 Å². The highest BCUT2D eigenvalue weighted by atomic mass is 32.1. The first-order chi connectivity index (χ1) is 15.4. The standard InChI is InChI=1S/C21H19N5O5S/c1-12(27)22-10-13-6-7-17(31-13)16-11-32-21(23-16)24-18(28)8-9-26-20(30)15-5-3-2-4-14(15)19(29)25-26/h2-7,11H,8-10H2,1H3,(H,22,27)(H,25,29)(H,23,24,28). The summed E-state index contributed by atoms with van der Waals surface area (Å²) in [7, 11) is 0. The van der Waals surface area contributed by atoms with Gasteiger partial charge in [0.15, 0.2) is 10.9 Å². The van der Waals surface area contributed by atoms with E-state index in [0.29, 0.717) is 33.1 Å². The minimum absolute atomic E-state index is 0.0215. The molecule has 4 aromatic rings. The van der Waals surface area contributed by atoms with Crippen molar-refractivity contribution in [1.82, 2.24) is 20.1 Å². The molecule has 0 unspecified atom stereocenters. The second-order valence-electron chi connectivity index (χ2n) is 6.96. The highest BCUT2D eigenvalue weighted by Gasteiger charge is 2.13. The molecule has 0 aliphatic rings. The molecule has 3 heterocycles. The van der Waals surface area contributed by atoms with Crippen molar-refractivity contribution >= 4 is 39.1 Å². The van der Waals surface area contributed by atoms with Crippen LogP contribution in [-0.4, -0.2) is 26.6 Å². The second kappa shape index (κ2) is 9.02. The van der Waals surface area contributed by atoms with Crippen molar-refractivity contribution in [3.8, 4) is 11.5 Å². The Labute approximate surface area is 184 Å². The molecule has 11 heteroatoms. The minimum atomic E-state index is -0.388. The largest absolute Gasteiger partial charge is 0.458 e. The summed E-state index contributed by atoms with van der Waals surface area (Å²) >= 11 is 1.23. The molecule has 0 saturated carbocycles. The second-order valence-corrected chi connectivity index (χ2v) is 7.81. The van der Waals surface area contributed by atoms with Gasteiger partial charge in [-0.2, -0.15) is 0 Å². The number of aromatic nitrogens is 3. The maximum atomic E-state index is 12.5. The highest BCUT2D eigenvalue weighted by molar-refractivity contribution is 7.14. The lowest BCUT2D eigenvalue weighted by Crippen LogP contribution is -2.31. The molecule has 0 atom stereocenters. The van der Waals surface area contributed by atoms with Gasteiger partial charge in [0.2, 0.25) is 11.8 Å². The van der Waals surface area contributed by atoms with Gasteiger partial charge in [0.05, 0.1) is 23.9 Å². The average molecular weight is 453 g/mol. The van der Waals surface area contributed by atoms with Gasteiger partial charge >= 0.3 is 0 Å². The van der Waals surface area contributed by atoms with Crippen LogP contribution in [0.3, 0.4) is 0 Å². The predicted molar refractivity (Wildman–Crippen MR) is 119 cm³/mol. The van der Waals surface area contributed by atoms with Crippen LogP contribution in [0, 0.1) is 0 Å². The fourth-order valence-electron chi connectivity index (χ4n) is 3.07. The van der Waals surface area contributed by atoms with Crippen LogP contribution in [0.1, 0.15) is 19.1 Å². The molecule has 2 amide bonds. The lowest BCUT2D eigenvalue weighted by Gasteiger charge is -2.07. The number of rotatable bonds is 7. The Morgan fingerprint density at radius 1 is 1.16 bits per heavy atom. The Hall–Kier alpha value is -3.99. The van der Waals surface area contributed by atoms with E-state index in [1.165, 1.54) is 18.3 Å². The van der Waals surface area contributed by atoms with E-state index in [9.17, 15) is 19.2 Å². The van der Waals surface area contributed by atoms with Crippen molar-refractivity contribution in [3.63, 3.8) is 0 Å². The van der Waals surface area contributed by atoms with Gasteiger partial charge in [-0.1, -0.05) is 12.1 Å². The molecule has 3 N–H and O–H groups in total. The summed E-state index contributed by atoms with van der Waals surface area (Å²) in [5.41, 5.74) is -0.201. The smallest absolute Gasteiger partial charge is 0.273 e. The normalized spacial score (nSPS) is 10.9. The Kier molecular flexibility index (Phi) is 5.99. The van der Waals surface area contributed by atoms with Gasteiger partial charge in [0.1, 0.15) is 11.5 Å². The molecule has 0 bridgehead atoms. The quantitative estimate of drug-likeness (QED) is 0.391. The van der Waals surface area contributed by atoms with Gasteiger partial charge in [-0.25, -0.2) is 9.67 Å². The number of thiazole rings is 1. The van der Waals surface area contributed by atoms with E-state index >= 15 is 0 Å². The van der Waals surface area contributed by atoms with Crippen LogP contribution in [-0.2, 0) is 22.7 Å². The molecule has 164 valence electrons. The van der Waals surface area contributed by atoms with E-state index in [2.05, 4.69) is 20.7 Å². The van der Waals surface area contributed by atoms with Gasteiger partial charge in [-0.05, 0) is 24.3 Å². The fourth-order valence-corrected chi connectivity index (χ4v) is 3.78. The summed E-state index contributed by atoms with van der Waals surface area (Å²) in [5, 5.41) is 10.6. The SMILES string of the molecule is CC(=O)NCc1ccc(-c2csc(NC(=O)CCn3[nH]c(=O)c4ccccc4c3=O)n2)o1. The Bertz CT molecular complexity index is 1410. The van der Waals surface area contributed by atoms with E-state index < -0.39 is 0 Å². The third kappa shape index (κ3) is 4.67. The number of aryl methyl sites for hydroxylation is 1. The number of fused-ring (bicyclic) bond motifs is 1. The molecular weight excluding hydrogens is 434 g/mol. The molecule has 0 saturated heterocycles. The Morgan fingerprint density at radius 3 is 2.72 bits per heavy atom. The molecule has 0 fully saturated rings. The topological polar surface area (TPSA) is 139 Å². The number of nitrogens with zero attached hydrogens (tertiary/aromatic N) is 2. The number of carbonyl (C=O) groups is 2. The van der Waals surface area contributed by atoms with Gasteiger partial charge < -0.3 is 15.1 Å². The fraction of sp³-hybridized carbons (Fsp3) is 0.190. The van der Waals surface area contributed by atoms with Crippen LogP contribution in [0.25, 0.3) is 22.2 Å². The molecule has 10 nitrogen and oxygen atoms in total. The van der Waals surface area contributed by atoms with Crippen LogP contribution < -0.4 is 21.8 Å². The zero-order chi connectivity index (χ0) is 22.7. The van der Waals surface area contributed by atoms with Crippen molar-refractivity contribution < 1.29 is 14.0 Å². The molecule has 0 radical (unpaired) electrons. The first kappa shape index (κ1) is 21.2. The van der Waals surface area contributed by atoms with Gasteiger partial charge in [0.25, 0.3) is 11.1 Å². The molecule has 32 heavy (non-hydrogen) atoms. The zero-order valence-electron chi connectivity index (χ0n) is 17.0. The van der Waals surface area contributed by atoms with Crippen molar-refractivity contribution in [2.45, 2.75) is 26.4 Å². The number of aromatic amines is 1. The molecule has 0 spiro atoms. The van der Waals surface area contributed by atoms with Gasteiger partial charge in [0, 0.05) is 18.7 Å². The average Bonchev–Trinajstić information content (AvgIpc) is 3.43. The van der Waals surface area contributed by atoms with E-state index in [4.69, 9.17) is 4.42 Å². The first-order valence-corrected chi connectivity index (χ1v) is 10.6. The molecule has 0 aliphatic heterocycles. The first-order valence-electron chi connectivity index (χ1n) is 9.71. The van der Waals surface area contributed by atoms with Crippen molar-refractivity contribution in [3.05, 3.63) is 68.2 Å². The van der Waals surface area contributed by atoms with Crippen LogP contribution in [0.4, 0.5) is 5.13 Å².